The molecule has 1 saturated carbocycles. The normalized spacial score (nSPS) is 18.2. The monoisotopic (exact) mass is 475 g/mol. The summed E-state index contributed by atoms with van der Waals surface area (Å²) in [4.78, 5) is 21.2. The fraction of sp³-hybridized carbons (Fsp3) is 0.409. The van der Waals surface area contributed by atoms with Gasteiger partial charge >= 0.3 is 10.1 Å². The predicted octanol–water partition coefficient (Wildman–Crippen LogP) is 5.22. The van der Waals surface area contributed by atoms with Crippen LogP contribution in [0.25, 0.3) is 0 Å². The van der Waals surface area contributed by atoms with Crippen molar-refractivity contribution in [3.63, 3.8) is 0 Å². The molecular formula is C22H25N3O7S. The van der Waals surface area contributed by atoms with Crippen molar-refractivity contribution in [3.05, 3.63) is 73.8 Å². The van der Waals surface area contributed by atoms with Crippen LogP contribution in [0.15, 0.2) is 52.5 Å². The molecule has 0 saturated heterocycles. The molecule has 0 amide bonds. The van der Waals surface area contributed by atoms with E-state index >= 15 is 0 Å². The van der Waals surface area contributed by atoms with Gasteiger partial charge in [-0.15, -0.1) is 0 Å². The Labute approximate surface area is 191 Å². The highest BCUT2D eigenvalue weighted by atomic mass is 32.2. The van der Waals surface area contributed by atoms with Crippen molar-refractivity contribution in [2.24, 2.45) is 5.16 Å². The molecule has 176 valence electrons. The van der Waals surface area contributed by atoms with E-state index in [1.807, 2.05) is 20.8 Å². The fourth-order valence-corrected chi connectivity index (χ4v) is 4.55. The van der Waals surface area contributed by atoms with E-state index in [1.165, 1.54) is 24.3 Å². The third kappa shape index (κ3) is 5.54. The molecule has 0 radical (unpaired) electrons. The molecule has 1 atom stereocenters. The summed E-state index contributed by atoms with van der Waals surface area (Å²) in [5, 5.41) is 26.5. The molecule has 0 aromatic heterocycles. The molecule has 1 fully saturated rings. The molecule has 2 aromatic rings. The van der Waals surface area contributed by atoms with Crippen molar-refractivity contribution in [2.75, 3.05) is 0 Å². The average Bonchev–Trinajstić information content (AvgIpc) is 2.77. The largest absolute Gasteiger partial charge is 0.358 e. The summed E-state index contributed by atoms with van der Waals surface area (Å²) in [5.41, 5.74) is 0.637. The third-order valence-electron chi connectivity index (χ3n) is 5.64. The number of benzene rings is 2. The van der Waals surface area contributed by atoms with Gasteiger partial charge in [0.1, 0.15) is 4.90 Å². The maximum absolute atomic E-state index is 12.7. The maximum atomic E-state index is 12.7. The van der Waals surface area contributed by atoms with Gasteiger partial charge in [0, 0.05) is 17.5 Å². The summed E-state index contributed by atoms with van der Waals surface area (Å²) < 4.78 is 30.3. The highest BCUT2D eigenvalue weighted by molar-refractivity contribution is 7.86. The number of hydrogen-bond donors (Lipinski definition) is 0. The highest BCUT2D eigenvalue weighted by Crippen LogP contribution is 2.38. The molecule has 33 heavy (non-hydrogen) atoms. The molecule has 2 aromatic carbocycles. The summed E-state index contributed by atoms with van der Waals surface area (Å²) in [6.45, 7) is 6.04. The van der Waals surface area contributed by atoms with E-state index in [4.69, 9.17) is 4.28 Å². The van der Waals surface area contributed by atoms with Crippen LogP contribution in [0.5, 0.6) is 0 Å². The second kappa shape index (κ2) is 9.26. The third-order valence-corrected chi connectivity index (χ3v) is 6.76. The topological polar surface area (TPSA) is 142 Å². The SMILES string of the molecule is CC(C)(C)c1ccc(S(=O)(=O)O/N=C2/CCCCC2c2ccc([N+](=O)[O-])cc2[N+](=O)[O-])cc1. The zero-order valence-electron chi connectivity index (χ0n) is 18.6. The molecule has 0 heterocycles. The number of nitrogens with zero attached hydrogens (tertiary/aromatic N) is 3. The van der Waals surface area contributed by atoms with E-state index in [2.05, 4.69) is 5.16 Å². The van der Waals surface area contributed by atoms with E-state index < -0.39 is 37.3 Å². The van der Waals surface area contributed by atoms with Crippen LogP contribution in [-0.2, 0) is 19.8 Å². The van der Waals surface area contributed by atoms with E-state index in [0.29, 0.717) is 18.6 Å². The van der Waals surface area contributed by atoms with Crippen LogP contribution in [0.2, 0.25) is 0 Å². The van der Waals surface area contributed by atoms with Gasteiger partial charge in [-0.05, 0) is 48.4 Å². The van der Waals surface area contributed by atoms with Crippen molar-refractivity contribution in [1.29, 1.82) is 0 Å². The molecular weight excluding hydrogens is 450 g/mol. The van der Waals surface area contributed by atoms with Crippen LogP contribution < -0.4 is 0 Å². The molecule has 10 nitrogen and oxygen atoms in total. The Morgan fingerprint density at radius 3 is 2.24 bits per heavy atom. The Bertz CT molecular complexity index is 1200. The molecule has 1 aliphatic carbocycles. The zero-order valence-corrected chi connectivity index (χ0v) is 19.4. The van der Waals surface area contributed by atoms with Crippen molar-refractivity contribution < 1.29 is 22.5 Å². The van der Waals surface area contributed by atoms with E-state index in [1.54, 1.807) is 12.1 Å². The lowest BCUT2D eigenvalue weighted by atomic mass is 9.81. The van der Waals surface area contributed by atoms with Crippen LogP contribution in [0.4, 0.5) is 11.4 Å². The van der Waals surface area contributed by atoms with Crippen molar-refractivity contribution in [1.82, 2.24) is 0 Å². The summed E-state index contributed by atoms with van der Waals surface area (Å²) in [6.07, 6.45) is 2.36. The van der Waals surface area contributed by atoms with Crippen LogP contribution >= 0.6 is 0 Å². The molecule has 3 rings (SSSR count). The van der Waals surface area contributed by atoms with Crippen LogP contribution in [-0.4, -0.2) is 24.0 Å². The first-order valence-electron chi connectivity index (χ1n) is 10.4. The van der Waals surface area contributed by atoms with Gasteiger partial charge in [-0.25, -0.2) is 0 Å². The first-order chi connectivity index (χ1) is 15.4. The van der Waals surface area contributed by atoms with Gasteiger partial charge in [0.15, 0.2) is 0 Å². The average molecular weight is 476 g/mol. The van der Waals surface area contributed by atoms with Crippen molar-refractivity contribution in [3.8, 4) is 0 Å². The standard InChI is InChI=1S/C22H25N3O7S/c1-22(2,3)15-8-11-17(12-9-15)33(30,31)32-23-20-7-5-4-6-18(20)19-13-10-16(24(26)27)14-21(19)25(28)29/h8-14,18H,4-7H2,1-3H3/b23-20-. The minimum Gasteiger partial charge on any atom is -0.265 e. The summed E-state index contributed by atoms with van der Waals surface area (Å²) in [6, 6.07) is 9.78. The Hall–Kier alpha value is -3.34. The van der Waals surface area contributed by atoms with E-state index in [0.717, 1.165) is 24.5 Å². The number of nitro benzene ring substituents is 2. The fourth-order valence-electron chi connectivity index (χ4n) is 3.80. The molecule has 1 aliphatic rings. The van der Waals surface area contributed by atoms with E-state index in [9.17, 15) is 28.6 Å². The van der Waals surface area contributed by atoms with Gasteiger partial charge in [0.2, 0.25) is 0 Å². The first-order valence-corrected chi connectivity index (χ1v) is 11.8. The van der Waals surface area contributed by atoms with Gasteiger partial charge in [0.05, 0.1) is 21.6 Å². The number of non-ortho nitro benzene ring substituents is 1. The van der Waals surface area contributed by atoms with Crippen LogP contribution in [0.3, 0.4) is 0 Å². The number of hydrogen-bond acceptors (Lipinski definition) is 8. The van der Waals surface area contributed by atoms with Crippen molar-refractivity contribution in [2.45, 2.75) is 62.7 Å². The molecule has 0 spiro atoms. The smallest absolute Gasteiger partial charge is 0.265 e. The van der Waals surface area contributed by atoms with Gasteiger partial charge < -0.3 is 0 Å². The Balaban J connectivity index is 1.91. The summed E-state index contributed by atoms with van der Waals surface area (Å²) >= 11 is 0. The molecule has 0 aliphatic heterocycles. The Morgan fingerprint density at radius 2 is 1.67 bits per heavy atom. The number of rotatable bonds is 6. The Kier molecular flexibility index (Phi) is 6.82. The Morgan fingerprint density at radius 1 is 1.00 bits per heavy atom. The lowest BCUT2D eigenvalue weighted by Crippen LogP contribution is -2.20. The maximum Gasteiger partial charge on any atom is 0.358 e. The molecule has 1 unspecified atom stereocenters. The van der Waals surface area contributed by atoms with E-state index in [-0.39, 0.29) is 15.9 Å². The summed E-state index contributed by atoms with van der Waals surface area (Å²) in [5.74, 6) is -0.571. The molecule has 0 bridgehead atoms. The van der Waals surface area contributed by atoms with Gasteiger partial charge in [-0.3, -0.25) is 24.5 Å². The minimum atomic E-state index is -4.18. The van der Waals surface area contributed by atoms with Crippen LogP contribution in [0.1, 0.15) is 63.5 Å². The summed E-state index contributed by atoms with van der Waals surface area (Å²) in [7, 11) is -4.18. The lowest BCUT2D eigenvalue weighted by molar-refractivity contribution is -0.394. The van der Waals surface area contributed by atoms with Gasteiger partial charge in [-0.2, -0.15) is 8.42 Å². The molecule has 0 N–H and O–H groups in total. The van der Waals surface area contributed by atoms with Gasteiger partial charge in [-0.1, -0.05) is 44.5 Å². The minimum absolute atomic E-state index is 0.0477. The van der Waals surface area contributed by atoms with Crippen molar-refractivity contribution >= 4 is 27.2 Å². The quantitative estimate of drug-likeness (QED) is 0.412. The first kappa shape index (κ1) is 24.3. The van der Waals surface area contributed by atoms with Gasteiger partial charge in [0.25, 0.3) is 11.4 Å². The number of oxime groups is 1. The predicted molar refractivity (Wildman–Crippen MR) is 122 cm³/mol. The second-order valence-corrected chi connectivity index (χ2v) is 10.5. The second-order valence-electron chi connectivity index (χ2n) is 8.94. The highest BCUT2D eigenvalue weighted by Gasteiger charge is 2.31. The zero-order chi connectivity index (χ0) is 24.4. The molecule has 11 heteroatoms. The van der Waals surface area contributed by atoms with Crippen LogP contribution in [0, 0.1) is 20.2 Å². The number of nitro groups is 2. The lowest BCUT2D eigenvalue weighted by Gasteiger charge is -2.23.